The summed E-state index contributed by atoms with van der Waals surface area (Å²) >= 11 is 3.63. The zero-order valence-electron chi connectivity index (χ0n) is 9.46. The maximum absolute atomic E-state index is 3.63. The molecule has 1 aliphatic heterocycles. The Morgan fingerprint density at radius 3 is 2.93 bits per heavy atom. The number of rotatable bonds is 2. The smallest absolute Gasteiger partial charge is 0.0247 e. The third kappa shape index (κ3) is 2.61. The Balaban J connectivity index is 2.12. The molecule has 15 heavy (non-hydrogen) atoms. The maximum atomic E-state index is 3.63. The lowest BCUT2D eigenvalue weighted by Gasteiger charge is -2.21. The second-order valence-electron chi connectivity index (χ2n) is 4.56. The number of hydrogen-bond donors (Lipinski definition) is 0. The van der Waals surface area contributed by atoms with E-state index in [1.54, 1.807) is 0 Å². The molecule has 82 valence electrons. The molecule has 1 saturated heterocycles. The summed E-state index contributed by atoms with van der Waals surface area (Å²) in [6, 6.07) is 7.35. The maximum Gasteiger partial charge on any atom is 0.0247 e. The Bertz CT molecular complexity index is 348. The van der Waals surface area contributed by atoms with Crippen LogP contribution in [-0.2, 0) is 6.54 Å². The van der Waals surface area contributed by atoms with Crippen molar-refractivity contribution in [1.29, 1.82) is 0 Å². The van der Waals surface area contributed by atoms with Crippen molar-refractivity contribution in [3.63, 3.8) is 0 Å². The van der Waals surface area contributed by atoms with Gasteiger partial charge in [-0.05, 0) is 44.9 Å². The van der Waals surface area contributed by atoms with E-state index >= 15 is 0 Å². The number of halogens is 1. The summed E-state index contributed by atoms with van der Waals surface area (Å²) in [7, 11) is 0. The highest BCUT2D eigenvalue weighted by Gasteiger charge is 2.20. The number of benzene rings is 1. The molecule has 0 aliphatic carbocycles. The van der Waals surface area contributed by atoms with Crippen LogP contribution >= 0.6 is 15.9 Å². The number of likely N-dealkylation sites (tertiary alicyclic amines) is 1. The molecule has 0 saturated carbocycles. The van der Waals surface area contributed by atoms with E-state index < -0.39 is 0 Å². The Labute approximate surface area is 101 Å². The lowest BCUT2D eigenvalue weighted by molar-refractivity contribution is 0.260. The van der Waals surface area contributed by atoms with E-state index in [2.05, 4.69) is 52.9 Å². The van der Waals surface area contributed by atoms with Crippen LogP contribution in [0.25, 0.3) is 0 Å². The van der Waals surface area contributed by atoms with Crippen molar-refractivity contribution >= 4 is 15.9 Å². The normalized spacial score (nSPS) is 22.2. The summed E-state index contributed by atoms with van der Waals surface area (Å²) in [5.41, 5.74) is 2.77. The fourth-order valence-electron chi connectivity index (χ4n) is 2.27. The van der Waals surface area contributed by atoms with Gasteiger partial charge >= 0.3 is 0 Å². The zero-order valence-corrected chi connectivity index (χ0v) is 11.0. The van der Waals surface area contributed by atoms with Gasteiger partial charge in [0.1, 0.15) is 0 Å². The molecule has 0 unspecified atom stereocenters. The summed E-state index contributed by atoms with van der Waals surface area (Å²) < 4.78 is 1.24. The second-order valence-corrected chi connectivity index (χ2v) is 5.41. The number of hydrogen-bond acceptors (Lipinski definition) is 1. The summed E-state index contributed by atoms with van der Waals surface area (Å²) in [5.74, 6) is 0. The molecule has 1 heterocycles. The van der Waals surface area contributed by atoms with Crippen molar-refractivity contribution in [3.05, 3.63) is 33.8 Å². The number of aryl methyl sites for hydroxylation is 1. The standard InChI is InChI=1S/C13H18BrN/c1-10-5-6-13(14)12(8-10)9-15-7-3-4-11(15)2/h5-6,8,11H,3-4,7,9H2,1-2H3/t11-/m1/s1. The Kier molecular flexibility index (Phi) is 3.47. The van der Waals surface area contributed by atoms with Crippen LogP contribution in [-0.4, -0.2) is 17.5 Å². The van der Waals surface area contributed by atoms with Crippen molar-refractivity contribution in [2.75, 3.05) is 6.54 Å². The van der Waals surface area contributed by atoms with Gasteiger partial charge in [-0.15, -0.1) is 0 Å². The Hall–Kier alpha value is -0.340. The molecule has 0 aromatic heterocycles. The molecular formula is C13H18BrN. The molecule has 2 heteroatoms. The summed E-state index contributed by atoms with van der Waals surface area (Å²) in [6.07, 6.45) is 2.70. The minimum atomic E-state index is 0.748. The monoisotopic (exact) mass is 267 g/mol. The van der Waals surface area contributed by atoms with Crippen LogP contribution in [0.1, 0.15) is 30.9 Å². The van der Waals surface area contributed by atoms with E-state index in [0.29, 0.717) is 0 Å². The average molecular weight is 268 g/mol. The molecule has 1 aromatic carbocycles. The van der Waals surface area contributed by atoms with Crippen LogP contribution in [0, 0.1) is 6.92 Å². The lowest BCUT2D eigenvalue weighted by atomic mass is 10.1. The molecule has 1 nitrogen and oxygen atoms in total. The molecule has 0 N–H and O–H groups in total. The third-order valence-corrected chi connectivity index (χ3v) is 4.04. The first-order chi connectivity index (χ1) is 7.16. The van der Waals surface area contributed by atoms with E-state index in [1.165, 1.54) is 35.0 Å². The topological polar surface area (TPSA) is 3.24 Å². The molecule has 0 bridgehead atoms. The van der Waals surface area contributed by atoms with Crippen molar-refractivity contribution in [3.8, 4) is 0 Å². The first-order valence-electron chi connectivity index (χ1n) is 5.66. The number of nitrogens with zero attached hydrogens (tertiary/aromatic N) is 1. The largest absolute Gasteiger partial charge is 0.296 e. The predicted octanol–water partition coefficient (Wildman–Crippen LogP) is 3.74. The van der Waals surface area contributed by atoms with E-state index in [4.69, 9.17) is 0 Å². The molecule has 1 aliphatic rings. The minimum Gasteiger partial charge on any atom is -0.296 e. The molecule has 1 atom stereocenters. The highest BCUT2D eigenvalue weighted by atomic mass is 79.9. The van der Waals surface area contributed by atoms with Crippen LogP contribution in [0.4, 0.5) is 0 Å². The molecule has 1 aromatic rings. The summed E-state index contributed by atoms with van der Waals surface area (Å²) in [4.78, 5) is 2.57. The van der Waals surface area contributed by atoms with Crippen molar-refractivity contribution in [1.82, 2.24) is 4.90 Å². The molecule has 0 amide bonds. The Morgan fingerprint density at radius 2 is 2.27 bits per heavy atom. The van der Waals surface area contributed by atoms with Crippen LogP contribution in [0.15, 0.2) is 22.7 Å². The average Bonchev–Trinajstić information content (AvgIpc) is 2.58. The van der Waals surface area contributed by atoms with E-state index in [-0.39, 0.29) is 0 Å². The van der Waals surface area contributed by atoms with Crippen LogP contribution in [0.3, 0.4) is 0 Å². The van der Waals surface area contributed by atoms with Crippen molar-refractivity contribution < 1.29 is 0 Å². The van der Waals surface area contributed by atoms with Gasteiger partial charge in [0.25, 0.3) is 0 Å². The van der Waals surface area contributed by atoms with Crippen molar-refractivity contribution in [2.24, 2.45) is 0 Å². The lowest BCUT2D eigenvalue weighted by Crippen LogP contribution is -2.26. The van der Waals surface area contributed by atoms with Gasteiger partial charge in [-0.2, -0.15) is 0 Å². The van der Waals surface area contributed by atoms with Crippen molar-refractivity contribution in [2.45, 2.75) is 39.3 Å². The van der Waals surface area contributed by atoms with Gasteiger partial charge in [0.2, 0.25) is 0 Å². The molecule has 0 spiro atoms. The fourth-order valence-corrected chi connectivity index (χ4v) is 2.64. The van der Waals surface area contributed by atoms with Gasteiger partial charge in [-0.25, -0.2) is 0 Å². The molecule has 2 rings (SSSR count). The highest BCUT2D eigenvalue weighted by molar-refractivity contribution is 9.10. The predicted molar refractivity (Wildman–Crippen MR) is 68.0 cm³/mol. The first-order valence-corrected chi connectivity index (χ1v) is 6.45. The van der Waals surface area contributed by atoms with E-state index in [9.17, 15) is 0 Å². The van der Waals surface area contributed by atoms with Gasteiger partial charge in [-0.3, -0.25) is 4.90 Å². The van der Waals surface area contributed by atoms with Crippen LogP contribution in [0.2, 0.25) is 0 Å². The van der Waals surface area contributed by atoms with Gasteiger partial charge in [-0.1, -0.05) is 33.6 Å². The summed E-state index contributed by atoms with van der Waals surface area (Å²) in [6.45, 7) is 6.82. The minimum absolute atomic E-state index is 0.748. The van der Waals surface area contributed by atoms with E-state index in [0.717, 1.165) is 12.6 Å². The summed E-state index contributed by atoms with van der Waals surface area (Å²) in [5, 5.41) is 0. The van der Waals surface area contributed by atoms with Gasteiger partial charge in [0.15, 0.2) is 0 Å². The van der Waals surface area contributed by atoms with E-state index in [1.807, 2.05) is 0 Å². The fraction of sp³-hybridized carbons (Fsp3) is 0.538. The van der Waals surface area contributed by atoms with Gasteiger partial charge in [0.05, 0.1) is 0 Å². The Morgan fingerprint density at radius 1 is 1.47 bits per heavy atom. The quantitative estimate of drug-likeness (QED) is 0.789. The highest BCUT2D eigenvalue weighted by Crippen LogP contribution is 2.24. The second kappa shape index (κ2) is 4.67. The van der Waals surface area contributed by atoms with Gasteiger partial charge in [0, 0.05) is 17.1 Å². The molecular weight excluding hydrogens is 250 g/mol. The van der Waals surface area contributed by atoms with Gasteiger partial charge < -0.3 is 0 Å². The SMILES string of the molecule is Cc1ccc(Br)c(CN2CCC[C@H]2C)c1. The molecule has 0 radical (unpaired) electrons. The molecule has 1 fully saturated rings. The van der Waals surface area contributed by atoms with Crippen LogP contribution < -0.4 is 0 Å². The third-order valence-electron chi connectivity index (χ3n) is 3.27. The first kappa shape index (κ1) is 11.2. The zero-order chi connectivity index (χ0) is 10.8. The van der Waals surface area contributed by atoms with Crippen LogP contribution in [0.5, 0.6) is 0 Å².